The Morgan fingerprint density at radius 3 is 2.50 bits per heavy atom. The van der Waals surface area contributed by atoms with Crippen LogP contribution in [0.4, 0.5) is 0 Å². The Kier molecular flexibility index (Phi) is 5.80. The van der Waals surface area contributed by atoms with E-state index in [0.29, 0.717) is 26.0 Å². The van der Waals surface area contributed by atoms with E-state index in [-0.39, 0.29) is 23.9 Å². The minimum atomic E-state index is -0.917. The molecule has 0 aromatic rings. The molecule has 1 fully saturated rings. The van der Waals surface area contributed by atoms with Crippen LogP contribution in [-0.2, 0) is 9.53 Å². The van der Waals surface area contributed by atoms with Gasteiger partial charge < -0.3 is 20.6 Å². The number of nitrogens with two attached hydrogens (primary N) is 1. The van der Waals surface area contributed by atoms with Crippen molar-refractivity contribution in [2.24, 2.45) is 16.3 Å². The number of oxime groups is 1. The molecule has 2 unspecified atom stereocenters. The SMILES string of the molecule is CCC1COC(C)CN1C(=O)C(CC)(CC)C(N)=NO. The third-order valence-electron chi connectivity index (χ3n) is 4.41. The molecule has 1 amide bonds. The number of hydrogen-bond acceptors (Lipinski definition) is 4. The number of carbonyl (C=O) groups is 1. The molecule has 116 valence electrons. The predicted molar refractivity (Wildman–Crippen MR) is 77.6 cm³/mol. The molecule has 0 saturated carbocycles. The van der Waals surface area contributed by atoms with Gasteiger partial charge in [0.05, 0.1) is 18.8 Å². The van der Waals surface area contributed by atoms with Crippen molar-refractivity contribution in [3.63, 3.8) is 0 Å². The smallest absolute Gasteiger partial charge is 0.236 e. The summed E-state index contributed by atoms with van der Waals surface area (Å²) in [4.78, 5) is 14.8. The van der Waals surface area contributed by atoms with Gasteiger partial charge in [0.1, 0.15) is 5.41 Å². The number of nitrogens with zero attached hydrogens (tertiary/aromatic N) is 2. The van der Waals surface area contributed by atoms with Gasteiger partial charge in [0.15, 0.2) is 5.84 Å². The Morgan fingerprint density at radius 2 is 2.05 bits per heavy atom. The van der Waals surface area contributed by atoms with E-state index in [1.165, 1.54) is 0 Å². The van der Waals surface area contributed by atoms with Crippen LogP contribution < -0.4 is 5.73 Å². The summed E-state index contributed by atoms with van der Waals surface area (Å²) in [5, 5.41) is 12.1. The van der Waals surface area contributed by atoms with Crippen LogP contribution in [0.25, 0.3) is 0 Å². The fourth-order valence-corrected chi connectivity index (χ4v) is 2.83. The van der Waals surface area contributed by atoms with Gasteiger partial charge >= 0.3 is 0 Å². The van der Waals surface area contributed by atoms with Gasteiger partial charge in [0.2, 0.25) is 5.91 Å². The molecule has 1 aliphatic heterocycles. The van der Waals surface area contributed by atoms with Gasteiger partial charge in [-0.2, -0.15) is 0 Å². The van der Waals surface area contributed by atoms with E-state index in [2.05, 4.69) is 5.16 Å². The molecule has 0 aromatic heterocycles. The van der Waals surface area contributed by atoms with Crippen LogP contribution in [0.15, 0.2) is 5.16 Å². The lowest BCUT2D eigenvalue weighted by Gasteiger charge is -2.43. The fraction of sp³-hybridized carbons (Fsp3) is 0.857. The highest BCUT2D eigenvalue weighted by atomic mass is 16.5. The second-order valence-corrected chi connectivity index (χ2v) is 5.44. The Balaban J connectivity index is 3.10. The molecular formula is C14H27N3O3. The van der Waals surface area contributed by atoms with Crippen LogP contribution in [0.3, 0.4) is 0 Å². The average Bonchev–Trinajstić information content (AvgIpc) is 2.48. The maximum Gasteiger partial charge on any atom is 0.236 e. The predicted octanol–water partition coefficient (Wildman–Crippen LogP) is 1.57. The Hall–Kier alpha value is -1.30. The fourth-order valence-electron chi connectivity index (χ4n) is 2.83. The van der Waals surface area contributed by atoms with Gasteiger partial charge in [-0.3, -0.25) is 4.79 Å². The standard InChI is InChI=1S/C14H27N3O3/c1-5-11-9-20-10(4)8-17(11)13(18)14(6-2,7-3)12(15)16-19/h10-11,19H,5-9H2,1-4H3,(H2,15,16). The van der Waals surface area contributed by atoms with Crippen molar-refractivity contribution in [1.29, 1.82) is 0 Å². The van der Waals surface area contributed by atoms with Crippen LogP contribution in [0.2, 0.25) is 0 Å². The lowest BCUT2D eigenvalue weighted by Crippen LogP contribution is -2.58. The van der Waals surface area contributed by atoms with Gasteiger partial charge in [0, 0.05) is 6.54 Å². The summed E-state index contributed by atoms with van der Waals surface area (Å²) in [6.07, 6.45) is 1.87. The minimum absolute atomic E-state index is 0.00139. The number of morpholine rings is 1. The average molecular weight is 285 g/mol. The first kappa shape index (κ1) is 16.8. The second-order valence-electron chi connectivity index (χ2n) is 5.44. The largest absolute Gasteiger partial charge is 0.409 e. The summed E-state index contributed by atoms with van der Waals surface area (Å²) in [6, 6.07) is 0.0580. The summed E-state index contributed by atoms with van der Waals surface area (Å²) < 4.78 is 5.62. The van der Waals surface area contributed by atoms with Crippen LogP contribution in [0, 0.1) is 5.41 Å². The first-order chi connectivity index (χ1) is 9.46. The lowest BCUT2D eigenvalue weighted by atomic mass is 9.79. The highest BCUT2D eigenvalue weighted by Gasteiger charge is 2.45. The Bertz CT molecular complexity index is 367. The van der Waals surface area contributed by atoms with Crippen molar-refractivity contribution in [1.82, 2.24) is 4.90 Å². The van der Waals surface area contributed by atoms with Crippen LogP contribution in [0.5, 0.6) is 0 Å². The number of rotatable bonds is 5. The summed E-state index contributed by atoms with van der Waals surface area (Å²) >= 11 is 0. The topological polar surface area (TPSA) is 88.2 Å². The Labute approximate surface area is 120 Å². The van der Waals surface area contributed by atoms with Crippen molar-refractivity contribution >= 4 is 11.7 Å². The highest BCUT2D eigenvalue weighted by Crippen LogP contribution is 2.32. The van der Waals surface area contributed by atoms with Gasteiger partial charge in [-0.05, 0) is 26.2 Å². The molecule has 0 spiro atoms. The molecule has 2 atom stereocenters. The quantitative estimate of drug-likeness (QED) is 0.347. The summed E-state index contributed by atoms with van der Waals surface area (Å²) in [5.74, 6) is -0.0544. The molecule has 1 heterocycles. The van der Waals surface area contributed by atoms with E-state index in [4.69, 9.17) is 15.7 Å². The molecule has 3 N–H and O–H groups in total. The van der Waals surface area contributed by atoms with Crippen LogP contribution >= 0.6 is 0 Å². The zero-order valence-corrected chi connectivity index (χ0v) is 12.9. The van der Waals surface area contributed by atoms with E-state index in [1.807, 2.05) is 32.6 Å². The van der Waals surface area contributed by atoms with Crippen LogP contribution in [-0.4, -0.2) is 47.1 Å². The maximum absolute atomic E-state index is 13.0. The number of ether oxygens (including phenoxy) is 1. The van der Waals surface area contributed by atoms with E-state index in [1.54, 1.807) is 0 Å². The molecule has 20 heavy (non-hydrogen) atoms. The molecule has 6 heteroatoms. The summed E-state index contributed by atoms with van der Waals surface area (Å²) in [6.45, 7) is 8.87. The summed E-state index contributed by atoms with van der Waals surface area (Å²) in [5.41, 5.74) is 4.91. The number of amidine groups is 1. The lowest BCUT2D eigenvalue weighted by molar-refractivity contribution is -0.152. The van der Waals surface area contributed by atoms with Crippen LogP contribution in [0.1, 0.15) is 47.0 Å². The van der Waals surface area contributed by atoms with E-state index < -0.39 is 5.41 Å². The minimum Gasteiger partial charge on any atom is -0.409 e. The van der Waals surface area contributed by atoms with E-state index >= 15 is 0 Å². The highest BCUT2D eigenvalue weighted by molar-refractivity contribution is 6.06. The van der Waals surface area contributed by atoms with Crippen molar-refractivity contribution in [3.05, 3.63) is 0 Å². The third-order valence-corrected chi connectivity index (χ3v) is 4.41. The normalized spacial score (nSPS) is 24.8. The molecule has 0 bridgehead atoms. The van der Waals surface area contributed by atoms with Crippen molar-refractivity contribution < 1.29 is 14.7 Å². The van der Waals surface area contributed by atoms with Crippen molar-refractivity contribution in [2.45, 2.75) is 59.1 Å². The van der Waals surface area contributed by atoms with E-state index in [0.717, 1.165) is 6.42 Å². The Morgan fingerprint density at radius 1 is 1.45 bits per heavy atom. The first-order valence-electron chi connectivity index (χ1n) is 7.37. The number of carbonyl (C=O) groups excluding carboxylic acids is 1. The van der Waals surface area contributed by atoms with Crippen molar-refractivity contribution in [3.8, 4) is 0 Å². The van der Waals surface area contributed by atoms with Gasteiger partial charge in [-0.25, -0.2) is 0 Å². The molecule has 0 aromatic carbocycles. The first-order valence-corrected chi connectivity index (χ1v) is 7.37. The molecule has 1 rings (SSSR count). The molecule has 0 aliphatic carbocycles. The van der Waals surface area contributed by atoms with Gasteiger partial charge in [-0.1, -0.05) is 25.9 Å². The number of hydrogen-bond donors (Lipinski definition) is 2. The zero-order valence-electron chi connectivity index (χ0n) is 12.9. The molecule has 0 radical (unpaired) electrons. The van der Waals surface area contributed by atoms with Gasteiger partial charge in [-0.15, -0.1) is 0 Å². The number of amides is 1. The second kappa shape index (κ2) is 6.92. The van der Waals surface area contributed by atoms with Crippen molar-refractivity contribution in [2.75, 3.05) is 13.2 Å². The monoisotopic (exact) mass is 285 g/mol. The molecule has 6 nitrogen and oxygen atoms in total. The summed E-state index contributed by atoms with van der Waals surface area (Å²) in [7, 11) is 0. The molecular weight excluding hydrogens is 258 g/mol. The zero-order chi connectivity index (χ0) is 15.3. The third kappa shape index (κ3) is 2.90. The molecule has 1 saturated heterocycles. The molecule has 1 aliphatic rings. The van der Waals surface area contributed by atoms with Gasteiger partial charge in [0.25, 0.3) is 0 Å². The van der Waals surface area contributed by atoms with E-state index in [9.17, 15) is 4.79 Å². The maximum atomic E-state index is 13.0.